The summed E-state index contributed by atoms with van der Waals surface area (Å²) in [5.74, 6) is -0.196. The van der Waals surface area contributed by atoms with Crippen LogP contribution >= 0.6 is 0 Å². The number of nitrogens with one attached hydrogen (secondary N) is 1. The molecule has 7 atom stereocenters. The summed E-state index contributed by atoms with van der Waals surface area (Å²) < 4.78 is 11.2. The third-order valence-corrected chi connectivity index (χ3v) is 10.9. The summed E-state index contributed by atoms with van der Waals surface area (Å²) in [6.07, 6.45) is 53.2. The van der Waals surface area contributed by atoms with Crippen LogP contribution in [-0.2, 0) is 14.3 Å². The van der Waals surface area contributed by atoms with Gasteiger partial charge in [-0.15, -0.1) is 0 Å². The molecule has 9 heteroatoms. The monoisotopic (exact) mass is 868 g/mol. The van der Waals surface area contributed by atoms with Crippen LogP contribution in [0, 0.1) is 0 Å². The van der Waals surface area contributed by atoms with Gasteiger partial charge in [-0.2, -0.15) is 0 Å². The highest BCUT2D eigenvalue weighted by Crippen LogP contribution is 2.22. The Hall–Kier alpha value is -2.89. The Morgan fingerprint density at radius 1 is 0.565 bits per heavy atom. The molecule has 7 unspecified atom stereocenters. The minimum absolute atomic E-state index is 0.196. The number of carbonyl (C=O) groups is 1. The van der Waals surface area contributed by atoms with Crippen molar-refractivity contribution >= 4 is 5.91 Å². The molecule has 1 aliphatic rings. The van der Waals surface area contributed by atoms with Gasteiger partial charge in [-0.3, -0.25) is 4.79 Å². The first-order chi connectivity index (χ1) is 30.3. The molecule has 62 heavy (non-hydrogen) atoms. The lowest BCUT2D eigenvalue weighted by atomic mass is 9.99. The Bertz CT molecular complexity index is 1280. The number of rotatable bonds is 39. The maximum absolute atomic E-state index is 13.0. The van der Waals surface area contributed by atoms with Crippen molar-refractivity contribution in [3.05, 3.63) is 97.2 Å². The van der Waals surface area contributed by atoms with Gasteiger partial charge in [0.05, 0.1) is 25.4 Å². The van der Waals surface area contributed by atoms with Gasteiger partial charge in [0, 0.05) is 6.42 Å². The van der Waals surface area contributed by atoms with E-state index in [1.807, 2.05) is 6.08 Å². The summed E-state index contributed by atoms with van der Waals surface area (Å²) in [7, 11) is 0. The molecule has 1 amide bonds. The second kappa shape index (κ2) is 42.1. The summed E-state index contributed by atoms with van der Waals surface area (Å²) >= 11 is 0. The molecular weight excluding hydrogens is 779 g/mol. The van der Waals surface area contributed by atoms with Crippen LogP contribution in [0.4, 0.5) is 0 Å². The van der Waals surface area contributed by atoms with E-state index in [9.17, 15) is 30.3 Å². The minimum Gasteiger partial charge on any atom is -0.394 e. The third-order valence-electron chi connectivity index (χ3n) is 10.9. The van der Waals surface area contributed by atoms with Crippen molar-refractivity contribution in [2.45, 2.75) is 217 Å². The van der Waals surface area contributed by atoms with E-state index in [4.69, 9.17) is 9.47 Å². The van der Waals surface area contributed by atoms with E-state index in [-0.39, 0.29) is 12.5 Å². The molecule has 1 rings (SSSR count). The number of allylic oxidation sites excluding steroid dienone is 15. The molecule has 0 saturated carbocycles. The molecule has 0 aromatic rings. The number of aliphatic hydroxyl groups is 5. The van der Waals surface area contributed by atoms with Gasteiger partial charge in [-0.1, -0.05) is 188 Å². The predicted octanol–water partition coefficient (Wildman–Crippen LogP) is 10.9. The van der Waals surface area contributed by atoms with Crippen LogP contribution in [0.1, 0.15) is 174 Å². The van der Waals surface area contributed by atoms with Crippen LogP contribution in [0.15, 0.2) is 97.2 Å². The van der Waals surface area contributed by atoms with Crippen LogP contribution in [0.2, 0.25) is 0 Å². The Morgan fingerprint density at radius 2 is 1.00 bits per heavy atom. The van der Waals surface area contributed by atoms with Gasteiger partial charge in [0.15, 0.2) is 6.29 Å². The highest BCUT2D eigenvalue weighted by molar-refractivity contribution is 5.76. The maximum atomic E-state index is 13.0. The highest BCUT2D eigenvalue weighted by atomic mass is 16.7. The molecule has 1 aliphatic heterocycles. The Labute approximate surface area is 377 Å². The number of hydrogen-bond donors (Lipinski definition) is 6. The fourth-order valence-electron chi connectivity index (χ4n) is 7.02. The van der Waals surface area contributed by atoms with Crippen molar-refractivity contribution in [2.24, 2.45) is 0 Å². The second-order valence-electron chi connectivity index (χ2n) is 16.5. The molecule has 0 aromatic carbocycles. The molecule has 354 valence electrons. The van der Waals surface area contributed by atoms with Crippen LogP contribution < -0.4 is 5.32 Å². The molecule has 0 aromatic heterocycles. The Morgan fingerprint density at radius 3 is 1.48 bits per heavy atom. The van der Waals surface area contributed by atoms with Crippen molar-refractivity contribution in [3.63, 3.8) is 0 Å². The highest BCUT2D eigenvalue weighted by Gasteiger charge is 2.44. The number of carbonyl (C=O) groups excluding carboxylic acids is 1. The van der Waals surface area contributed by atoms with Crippen LogP contribution in [0.5, 0.6) is 0 Å². The first kappa shape index (κ1) is 57.1. The second-order valence-corrected chi connectivity index (χ2v) is 16.5. The summed E-state index contributed by atoms with van der Waals surface area (Å²) in [5, 5.41) is 54.1. The van der Waals surface area contributed by atoms with E-state index >= 15 is 0 Å². The summed E-state index contributed by atoms with van der Waals surface area (Å²) in [6, 6.07) is -0.815. The van der Waals surface area contributed by atoms with Crippen molar-refractivity contribution in [3.8, 4) is 0 Å². The van der Waals surface area contributed by atoms with E-state index in [2.05, 4.69) is 104 Å². The average Bonchev–Trinajstić information content (AvgIpc) is 3.27. The summed E-state index contributed by atoms with van der Waals surface area (Å²) in [4.78, 5) is 13.0. The minimum atomic E-state index is -1.57. The molecule has 0 spiro atoms. The molecule has 0 bridgehead atoms. The van der Waals surface area contributed by atoms with Gasteiger partial charge in [0.1, 0.15) is 24.4 Å². The van der Waals surface area contributed by atoms with Gasteiger partial charge < -0.3 is 40.3 Å². The quantitative estimate of drug-likeness (QED) is 0.0264. The molecule has 0 aliphatic carbocycles. The van der Waals surface area contributed by atoms with Gasteiger partial charge in [0.2, 0.25) is 5.91 Å². The Kier molecular flexibility index (Phi) is 38.8. The van der Waals surface area contributed by atoms with Crippen LogP contribution in [-0.4, -0.2) is 87.5 Å². The molecule has 1 fully saturated rings. The molecule has 6 N–H and O–H groups in total. The molecule has 9 nitrogen and oxygen atoms in total. The van der Waals surface area contributed by atoms with Crippen molar-refractivity contribution in [2.75, 3.05) is 13.2 Å². The number of hydrogen-bond acceptors (Lipinski definition) is 8. The zero-order chi connectivity index (χ0) is 45.1. The summed E-state index contributed by atoms with van der Waals surface area (Å²) in [5.41, 5.74) is 0. The third kappa shape index (κ3) is 31.9. The van der Waals surface area contributed by atoms with Gasteiger partial charge in [-0.25, -0.2) is 0 Å². The van der Waals surface area contributed by atoms with E-state index in [1.54, 1.807) is 6.08 Å². The summed E-state index contributed by atoms with van der Waals surface area (Å²) in [6.45, 7) is 3.61. The molecule has 1 saturated heterocycles. The van der Waals surface area contributed by atoms with E-state index in [1.165, 1.54) is 57.8 Å². The first-order valence-electron chi connectivity index (χ1n) is 24.5. The van der Waals surface area contributed by atoms with E-state index < -0.39 is 49.5 Å². The van der Waals surface area contributed by atoms with Crippen molar-refractivity contribution < 1.29 is 39.8 Å². The number of aliphatic hydroxyl groups excluding tert-OH is 5. The SMILES string of the molecule is CC/C=C\C/C=C\C/C=C\C/C=C\C/C=C\C/C=C\C/C=C\CCCCCCCCCC(=O)NC(COC1OC(CO)C(O)C(O)C1O)C(O)/C=C/CCCCCCCCCC. The smallest absolute Gasteiger partial charge is 0.220 e. The lowest BCUT2D eigenvalue weighted by Crippen LogP contribution is -2.60. The zero-order valence-corrected chi connectivity index (χ0v) is 38.8. The topological polar surface area (TPSA) is 149 Å². The fraction of sp³-hybridized carbons (Fsp3) is 0.679. The van der Waals surface area contributed by atoms with Crippen LogP contribution in [0.3, 0.4) is 0 Å². The van der Waals surface area contributed by atoms with Gasteiger partial charge in [0.25, 0.3) is 0 Å². The number of unbranched alkanes of at least 4 members (excludes halogenated alkanes) is 15. The molecule has 1 heterocycles. The fourth-order valence-corrected chi connectivity index (χ4v) is 7.02. The number of ether oxygens (including phenoxy) is 2. The first-order valence-corrected chi connectivity index (χ1v) is 24.5. The predicted molar refractivity (Wildman–Crippen MR) is 258 cm³/mol. The van der Waals surface area contributed by atoms with Gasteiger partial charge in [-0.05, 0) is 77.0 Å². The van der Waals surface area contributed by atoms with Gasteiger partial charge >= 0.3 is 0 Å². The van der Waals surface area contributed by atoms with E-state index in [0.717, 1.165) is 96.3 Å². The zero-order valence-electron chi connectivity index (χ0n) is 38.8. The Balaban J connectivity index is 2.25. The standard InChI is InChI=1S/C53H89NO8/c1-3-5-7-9-11-13-15-16-17-18-19-20-21-22-23-24-25-26-27-28-29-30-31-32-33-35-37-39-41-43-49(57)54-46(45-61-53-52(60)51(59)50(58)48(44-55)62-53)47(56)42-40-38-36-34-14-12-10-8-6-4-2/h5,7,11,13,16-17,19-20,22-23,25-26,28-29,40,42,46-48,50-53,55-56,58-60H,3-4,6,8-10,12,14-15,18,21,24,27,30-39,41,43-45H2,1-2H3,(H,54,57)/b7-5-,13-11-,17-16-,20-19-,23-22-,26-25-,29-28-,42-40+. The average molecular weight is 868 g/mol. The maximum Gasteiger partial charge on any atom is 0.220 e. The largest absolute Gasteiger partial charge is 0.394 e. The number of amides is 1. The van der Waals surface area contributed by atoms with Crippen molar-refractivity contribution in [1.82, 2.24) is 5.32 Å². The lowest BCUT2D eigenvalue weighted by molar-refractivity contribution is -0.302. The normalized spacial score (nSPS) is 21.2. The molecular formula is C53H89NO8. The molecule has 0 radical (unpaired) electrons. The van der Waals surface area contributed by atoms with Crippen LogP contribution in [0.25, 0.3) is 0 Å². The lowest BCUT2D eigenvalue weighted by Gasteiger charge is -2.40. The van der Waals surface area contributed by atoms with E-state index in [0.29, 0.717) is 6.42 Å². The van der Waals surface area contributed by atoms with Crippen molar-refractivity contribution in [1.29, 1.82) is 0 Å².